The van der Waals surface area contributed by atoms with Gasteiger partial charge in [0, 0.05) is 3.57 Å². The summed E-state index contributed by atoms with van der Waals surface area (Å²) in [6, 6.07) is 7.54. The summed E-state index contributed by atoms with van der Waals surface area (Å²) < 4.78 is 6.69. The van der Waals surface area contributed by atoms with E-state index in [9.17, 15) is 0 Å². The number of hydrogen-bond donors (Lipinski definition) is 1. The fraction of sp³-hybridized carbons (Fsp3) is 0.0909. The van der Waals surface area contributed by atoms with Crippen LogP contribution in [0.15, 0.2) is 24.3 Å². The minimum Gasteiger partial charge on any atom is -0.437 e. The summed E-state index contributed by atoms with van der Waals surface area (Å²) in [5.41, 5.74) is 6.82. The van der Waals surface area contributed by atoms with Crippen molar-refractivity contribution in [2.75, 3.05) is 5.73 Å². The average molecular weight is 362 g/mol. The second-order valence-corrected chi connectivity index (χ2v) is 4.94. The van der Waals surface area contributed by atoms with Crippen molar-refractivity contribution in [3.8, 4) is 11.6 Å². The second kappa shape index (κ2) is 5.05. The number of ether oxygens (including phenoxy) is 1. The molecule has 0 spiro atoms. The number of nitrogen functional groups attached to an aromatic ring is 1. The monoisotopic (exact) mass is 361 g/mol. The topological polar surface area (TPSA) is 61.0 Å². The molecule has 0 aliphatic carbocycles. The van der Waals surface area contributed by atoms with E-state index in [-0.39, 0.29) is 11.2 Å². The van der Waals surface area contributed by atoms with Gasteiger partial charge in [-0.05, 0) is 65.4 Å². The van der Waals surface area contributed by atoms with Gasteiger partial charge in [0.2, 0.25) is 11.2 Å². The lowest BCUT2D eigenvalue weighted by atomic mass is 10.3. The summed E-state index contributed by atoms with van der Waals surface area (Å²) >= 11 is 7.97. The Hall–Kier alpha value is -1.08. The van der Waals surface area contributed by atoms with Crippen LogP contribution in [0.5, 0.6) is 11.6 Å². The van der Waals surface area contributed by atoms with Gasteiger partial charge in [-0.15, -0.1) is 0 Å². The fourth-order valence-corrected chi connectivity index (χ4v) is 1.78. The zero-order valence-corrected chi connectivity index (χ0v) is 11.9. The third-order valence-corrected chi connectivity index (χ3v) is 2.99. The molecule has 0 radical (unpaired) electrons. The first-order valence-electron chi connectivity index (χ1n) is 4.79. The second-order valence-electron chi connectivity index (χ2n) is 3.35. The highest BCUT2D eigenvalue weighted by atomic mass is 127. The highest BCUT2D eigenvalue weighted by Crippen LogP contribution is 2.28. The molecule has 4 nitrogen and oxygen atoms in total. The van der Waals surface area contributed by atoms with Crippen LogP contribution >= 0.6 is 34.2 Å². The van der Waals surface area contributed by atoms with Crippen LogP contribution in [-0.4, -0.2) is 9.97 Å². The maximum Gasteiger partial charge on any atom is 0.247 e. The molecule has 1 aromatic heterocycles. The van der Waals surface area contributed by atoms with Crippen molar-refractivity contribution in [1.29, 1.82) is 0 Å². The highest BCUT2D eigenvalue weighted by Gasteiger charge is 2.09. The van der Waals surface area contributed by atoms with Crippen molar-refractivity contribution < 1.29 is 4.74 Å². The van der Waals surface area contributed by atoms with E-state index >= 15 is 0 Å². The van der Waals surface area contributed by atoms with Crippen LogP contribution in [0.25, 0.3) is 0 Å². The van der Waals surface area contributed by atoms with Crippen LogP contribution in [-0.2, 0) is 0 Å². The number of anilines is 1. The Morgan fingerprint density at radius 3 is 2.53 bits per heavy atom. The van der Waals surface area contributed by atoms with Crippen molar-refractivity contribution in [2.24, 2.45) is 0 Å². The number of aromatic nitrogens is 2. The number of aryl methyl sites for hydroxylation is 1. The number of benzene rings is 1. The van der Waals surface area contributed by atoms with Gasteiger partial charge >= 0.3 is 0 Å². The lowest BCUT2D eigenvalue weighted by Gasteiger charge is -2.08. The minimum atomic E-state index is 0.122. The molecular formula is C11H9ClIN3O. The van der Waals surface area contributed by atoms with Crippen LogP contribution < -0.4 is 10.5 Å². The van der Waals surface area contributed by atoms with Gasteiger partial charge in [-0.3, -0.25) is 0 Å². The molecule has 0 aliphatic heterocycles. The molecule has 17 heavy (non-hydrogen) atoms. The van der Waals surface area contributed by atoms with Gasteiger partial charge in [0.1, 0.15) is 11.4 Å². The molecule has 88 valence electrons. The molecule has 6 heteroatoms. The molecule has 0 amide bonds. The van der Waals surface area contributed by atoms with Crippen molar-refractivity contribution in [3.05, 3.63) is 38.8 Å². The molecule has 1 heterocycles. The molecule has 2 N–H and O–H groups in total. The Kier molecular flexibility index (Phi) is 3.68. The molecule has 1 aromatic carbocycles. The summed E-state index contributed by atoms with van der Waals surface area (Å²) in [5, 5.41) is 0.122. The number of rotatable bonds is 2. The summed E-state index contributed by atoms with van der Waals surface area (Å²) in [6.45, 7) is 1.75. The third kappa shape index (κ3) is 2.98. The largest absolute Gasteiger partial charge is 0.437 e. The first-order valence-corrected chi connectivity index (χ1v) is 6.25. The average Bonchev–Trinajstić information content (AvgIpc) is 2.28. The number of nitrogens with two attached hydrogens (primary N) is 1. The molecule has 2 rings (SSSR count). The summed E-state index contributed by atoms with van der Waals surface area (Å²) in [5.74, 6) is 0.940. The van der Waals surface area contributed by atoms with Crippen LogP contribution in [0.4, 0.5) is 5.69 Å². The summed E-state index contributed by atoms with van der Waals surface area (Å²) in [6.07, 6.45) is 0. The lowest BCUT2D eigenvalue weighted by Crippen LogP contribution is -2.00. The minimum absolute atomic E-state index is 0.122. The maximum absolute atomic E-state index is 5.82. The first-order chi connectivity index (χ1) is 8.06. The smallest absolute Gasteiger partial charge is 0.247 e. The molecule has 0 saturated heterocycles. The molecule has 0 saturated carbocycles. The van der Waals surface area contributed by atoms with Crippen LogP contribution in [0.1, 0.15) is 5.69 Å². The number of nitrogens with zero attached hydrogens (tertiary/aromatic N) is 2. The van der Waals surface area contributed by atoms with Crippen molar-refractivity contribution in [2.45, 2.75) is 6.92 Å². The third-order valence-electron chi connectivity index (χ3n) is 2.10. The molecular weight excluding hydrogens is 352 g/mol. The quantitative estimate of drug-likeness (QED) is 0.658. The molecule has 0 aliphatic rings. The van der Waals surface area contributed by atoms with Gasteiger partial charge in [-0.25, -0.2) is 4.98 Å². The Balaban J connectivity index is 2.32. The van der Waals surface area contributed by atoms with E-state index in [2.05, 4.69) is 32.6 Å². The molecule has 2 aromatic rings. The normalized spacial score (nSPS) is 10.3. The van der Waals surface area contributed by atoms with E-state index in [4.69, 9.17) is 22.1 Å². The Morgan fingerprint density at radius 2 is 1.88 bits per heavy atom. The predicted octanol–water partition coefficient (Wildman–Crippen LogP) is 3.42. The zero-order chi connectivity index (χ0) is 12.4. The summed E-state index contributed by atoms with van der Waals surface area (Å²) in [7, 11) is 0. The SMILES string of the molecule is Cc1nc(Cl)nc(Oc2ccc(I)cc2)c1N. The number of halogens is 2. The fourth-order valence-electron chi connectivity index (χ4n) is 1.21. The first kappa shape index (κ1) is 12.4. The molecule has 0 fully saturated rings. The van der Waals surface area contributed by atoms with Crippen LogP contribution in [0, 0.1) is 10.5 Å². The van der Waals surface area contributed by atoms with Gasteiger partial charge in [0.05, 0.1) is 5.69 Å². The Morgan fingerprint density at radius 1 is 1.24 bits per heavy atom. The molecule has 0 bridgehead atoms. The van der Waals surface area contributed by atoms with E-state index in [1.54, 1.807) is 6.92 Å². The Labute approximate surface area is 117 Å². The Bertz CT molecular complexity index is 545. The van der Waals surface area contributed by atoms with E-state index < -0.39 is 0 Å². The van der Waals surface area contributed by atoms with Crippen LogP contribution in [0.2, 0.25) is 5.28 Å². The predicted molar refractivity (Wildman–Crippen MR) is 75.4 cm³/mol. The van der Waals surface area contributed by atoms with Crippen molar-refractivity contribution >= 4 is 39.9 Å². The molecule has 0 unspecified atom stereocenters. The van der Waals surface area contributed by atoms with Gasteiger partial charge in [-0.1, -0.05) is 0 Å². The maximum atomic E-state index is 5.82. The van der Waals surface area contributed by atoms with Crippen molar-refractivity contribution in [3.63, 3.8) is 0 Å². The van der Waals surface area contributed by atoms with E-state index in [0.29, 0.717) is 17.1 Å². The summed E-state index contributed by atoms with van der Waals surface area (Å²) in [4.78, 5) is 7.89. The van der Waals surface area contributed by atoms with Crippen LogP contribution in [0.3, 0.4) is 0 Å². The molecule has 0 atom stereocenters. The van der Waals surface area contributed by atoms with E-state index in [1.807, 2.05) is 24.3 Å². The van der Waals surface area contributed by atoms with E-state index in [1.165, 1.54) is 0 Å². The van der Waals surface area contributed by atoms with Crippen molar-refractivity contribution in [1.82, 2.24) is 9.97 Å². The highest BCUT2D eigenvalue weighted by molar-refractivity contribution is 14.1. The van der Waals surface area contributed by atoms with E-state index in [0.717, 1.165) is 3.57 Å². The lowest BCUT2D eigenvalue weighted by molar-refractivity contribution is 0.463. The standard InChI is InChI=1S/C11H9ClIN3O/c1-6-9(14)10(16-11(12)15-6)17-8-4-2-7(13)3-5-8/h2-5H,14H2,1H3. The van der Waals surface area contributed by atoms with Gasteiger partial charge in [0.15, 0.2) is 0 Å². The van der Waals surface area contributed by atoms with Gasteiger partial charge < -0.3 is 10.5 Å². The van der Waals surface area contributed by atoms with Gasteiger partial charge in [0.25, 0.3) is 0 Å². The zero-order valence-electron chi connectivity index (χ0n) is 8.95. The number of hydrogen-bond acceptors (Lipinski definition) is 4. The van der Waals surface area contributed by atoms with Gasteiger partial charge in [-0.2, -0.15) is 4.98 Å².